The molecular weight excluding hydrogens is 164 g/mol. The van der Waals surface area contributed by atoms with Gasteiger partial charge in [0.25, 0.3) is 10.2 Å². The van der Waals surface area contributed by atoms with Crippen LogP contribution >= 0.6 is 0 Å². The van der Waals surface area contributed by atoms with E-state index in [9.17, 15) is 8.42 Å². The molecule has 0 radical (unpaired) electrons. The average Bonchev–Trinajstić information content (AvgIpc) is 1.88. The van der Waals surface area contributed by atoms with E-state index in [4.69, 9.17) is 0 Å². The Labute approximate surface area is 68.1 Å². The Morgan fingerprint density at radius 2 is 2.09 bits per heavy atom. The van der Waals surface area contributed by atoms with Crippen molar-refractivity contribution in [2.45, 2.75) is 6.42 Å². The zero-order valence-electron chi connectivity index (χ0n) is 6.87. The number of nitrogens with zero attached hydrogens (tertiary/aromatic N) is 1. The average molecular weight is 178 g/mol. The first-order valence-corrected chi connectivity index (χ1v) is 4.72. The summed E-state index contributed by atoms with van der Waals surface area (Å²) < 4.78 is 25.5. The molecule has 0 bridgehead atoms. The molecule has 0 aromatic carbocycles. The largest absolute Gasteiger partial charge is 0.278 e. The van der Waals surface area contributed by atoms with E-state index in [1.807, 2.05) is 0 Å². The van der Waals surface area contributed by atoms with Crippen molar-refractivity contribution in [2.75, 3.05) is 20.6 Å². The normalized spacial score (nSPS) is 11.9. The molecule has 0 amide bonds. The number of rotatable bonds is 5. The molecule has 0 rings (SSSR count). The van der Waals surface area contributed by atoms with Crippen molar-refractivity contribution in [3.63, 3.8) is 0 Å². The fourth-order valence-electron chi connectivity index (χ4n) is 0.419. The standard InChI is InChI=1S/C6H14N2O2S/c1-4-5-6-7-11(9,10)8(2)3/h4,7H,1,5-6H2,2-3H3. The lowest BCUT2D eigenvalue weighted by atomic mass is 10.4. The number of hydrogen-bond acceptors (Lipinski definition) is 2. The van der Waals surface area contributed by atoms with Crippen molar-refractivity contribution >= 4 is 10.2 Å². The van der Waals surface area contributed by atoms with Crippen LogP contribution in [-0.4, -0.2) is 33.4 Å². The second-order valence-electron chi connectivity index (χ2n) is 2.26. The molecular formula is C6H14N2O2S. The van der Waals surface area contributed by atoms with Crippen LogP contribution in [0.15, 0.2) is 12.7 Å². The van der Waals surface area contributed by atoms with Crippen LogP contribution in [0.5, 0.6) is 0 Å². The molecule has 0 aromatic heterocycles. The maximum absolute atomic E-state index is 11.0. The summed E-state index contributed by atoms with van der Waals surface area (Å²) in [5.74, 6) is 0. The van der Waals surface area contributed by atoms with Crippen LogP contribution in [0.2, 0.25) is 0 Å². The van der Waals surface area contributed by atoms with Crippen LogP contribution in [0.4, 0.5) is 0 Å². The van der Waals surface area contributed by atoms with E-state index < -0.39 is 10.2 Å². The molecule has 0 spiro atoms. The van der Waals surface area contributed by atoms with Crippen LogP contribution in [0, 0.1) is 0 Å². The van der Waals surface area contributed by atoms with E-state index in [0.717, 1.165) is 4.31 Å². The van der Waals surface area contributed by atoms with Crippen LogP contribution in [0.25, 0.3) is 0 Å². The van der Waals surface area contributed by atoms with Crippen LogP contribution < -0.4 is 4.72 Å². The molecule has 0 aliphatic heterocycles. The van der Waals surface area contributed by atoms with Gasteiger partial charge < -0.3 is 0 Å². The van der Waals surface area contributed by atoms with E-state index in [1.165, 1.54) is 14.1 Å². The van der Waals surface area contributed by atoms with Gasteiger partial charge in [-0.25, -0.2) is 4.72 Å². The fourth-order valence-corrected chi connectivity index (χ4v) is 1.05. The molecule has 5 heteroatoms. The van der Waals surface area contributed by atoms with Crippen molar-refractivity contribution in [1.29, 1.82) is 0 Å². The van der Waals surface area contributed by atoms with Gasteiger partial charge in [0.05, 0.1) is 0 Å². The maximum Gasteiger partial charge on any atom is 0.278 e. The third-order valence-electron chi connectivity index (χ3n) is 1.11. The van der Waals surface area contributed by atoms with Crippen molar-refractivity contribution in [1.82, 2.24) is 9.03 Å². The van der Waals surface area contributed by atoms with Gasteiger partial charge in [0, 0.05) is 20.6 Å². The quantitative estimate of drug-likeness (QED) is 0.474. The monoisotopic (exact) mass is 178 g/mol. The SMILES string of the molecule is C=CCCNS(=O)(=O)N(C)C. The van der Waals surface area contributed by atoms with E-state index in [-0.39, 0.29) is 0 Å². The predicted octanol–water partition coefficient (Wildman–Crippen LogP) is -0.0415. The first-order valence-electron chi connectivity index (χ1n) is 3.28. The van der Waals surface area contributed by atoms with Gasteiger partial charge in [-0.1, -0.05) is 6.08 Å². The molecule has 0 saturated heterocycles. The van der Waals surface area contributed by atoms with Crippen LogP contribution in [0.1, 0.15) is 6.42 Å². The summed E-state index contributed by atoms with van der Waals surface area (Å²) in [6.45, 7) is 3.88. The summed E-state index contributed by atoms with van der Waals surface area (Å²) in [5.41, 5.74) is 0. The minimum Gasteiger partial charge on any atom is -0.202 e. The minimum atomic E-state index is -3.23. The number of nitrogens with one attached hydrogen (secondary N) is 1. The topological polar surface area (TPSA) is 49.4 Å². The molecule has 0 heterocycles. The fraction of sp³-hybridized carbons (Fsp3) is 0.667. The third kappa shape index (κ3) is 4.13. The molecule has 0 atom stereocenters. The predicted molar refractivity (Wildman–Crippen MR) is 45.4 cm³/mol. The van der Waals surface area contributed by atoms with Gasteiger partial charge in [-0.15, -0.1) is 6.58 Å². The van der Waals surface area contributed by atoms with Gasteiger partial charge >= 0.3 is 0 Å². The maximum atomic E-state index is 11.0. The first kappa shape index (κ1) is 10.6. The smallest absolute Gasteiger partial charge is 0.202 e. The minimum absolute atomic E-state index is 0.407. The lowest BCUT2D eigenvalue weighted by Gasteiger charge is -2.10. The molecule has 0 saturated carbocycles. The third-order valence-corrected chi connectivity index (χ3v) is 2.64. The van der Waals surface area contributed by atoms with Gasteiger partial charge in [0.15, 0.2) is 0 Å². The summed E-state index contributed by atoms with van der Waals surface area (Å²) in [5, 5.41) is 0. The molecule has 1 N–H and O–H groups in total. The summed E-state index contributed by atoms with van der Waals surface area (Å²) in [6.07, 6.45) is 2.31. The molecule has 0 aliphatic carbocycles. The molecule has 4 nitrogen and oxygen atoms in total. The van der Waals surface area contributed by atoms with Crippen LogP contribution in [-0.2, 0) is 10.2 Å². The highest BCUT2D eigenvalue weighted by Crippen LogP contribution is 1.88. The van der Waals surface area contributed by atoms with E-state index in [1.54, 1.807) is 6.08 Å². The Bertz CT molecular complexity index is 209. The van der Waals surface area contributed by atoms with E-state index in [2.05, 4.69) is 11.3 Å². The van der Waals surface area contributed by atoms with Crippen molar-refractivity contribution in [3.05, 3.63) is 12.7 Å². The molecule has 0 fully saturated rings. The molecule has 0 aromatic rings. The Hall–Kier alpha value is -0.390. The zero-order chi connectivity index (χ0) is 8.91. The lowest BCUT2D eigenvalue weighted by molar-refractivity contribution is 0.506. The second kappa shape index (κ2) is 4.48. The summed E-state index contributed by atoms with van der Waals surface area (Å²) >= 11 is 0. The Kier molecular flexibility index (Phi) is 4.32. The summed E-state index contributed by atoms with van der Waals surface area (Å²) in [7, 11) is -0.270. The molecule has 0 aliphatic rings. The molecule has 66 valence electrons. The summed E-state index contributed by atoms with van der Waals surface area (Å²) in [6, 6.07) is 0. The van der Waals surface area contributed by atoms with Gasteiger partial charge in [-0.2, -0.15) is 12.7 Å². The van der Waals surface area contributed by atoms with Gasteiger partial charge in [-0.3, -0.25) is 0 Å². The highest BCUT2D eigenvalue weighted by Gasteiger charge is 2.10. The number of hydrogen-bond donors (Lipinski definition) is 1. The first-order chi connectivity index (χ1) is 5.00. The molecule has 0 unspecified atom stereocenters. The van der Waals surface area contributed by atoms with E-state index in [0.29, 0.717) is 13.0 Å². The van der Waals surface area contributed by atoms with Crippen LogP contribution in [0.3, 0.4) is 0 Å². The second-order valence-corrected chi connectivity index (χ2v) is 4.23. The molecule has 11 heavy (non-hydrogen) atoms. The summed E-state index contributed by atoms with van der Waals surface area (Å²) in [4.78, 5) is 0. The Morgan fingerprint density at radius 3 is 2.45 bits per heavy atom. The lowest BCUT2D eigenvalue weighted by Crippen LogP contribution is -2.35. The Balaban J connectivity index is 3.84. The van der Waals surface area contributed by atoms with E-state index >= 15 is 0 Å². The highest BCUT2D eigenvalue weighted by molar-refractivity contribution is 7.87. The highest BCUT2D eigenvalue weighted by atomic mass is 32.2. The van der Waals surface area contributed by atoms with Gasteiger partial charge in [0.2, 0.25) is 0 Å². The zero-order valence-corrected chi connectivity index (χ0v) is 7.69. The van der Waals surface area contributed by atoms with Crippen molar-refractivity contribution in [2.24, 2.45) is 0 Å². The van der Waals surface area contributed by atoms with Crippen molar-refractivity contribution < 1.29 is 8.42 Å². The van der Waals surface area contributed by atoms with Crippen molar-refractivity contribution in [3.8, 4) is 0 Å². The van der Waals surface area contributed by atoms with Gasteiger partial charge in [-0.05, 0) is 6.42 Å². The Morgan fingerprint density at radius 1 is 1.55 bits per heavy atom. The van der Waals surface area contributed by atoms with Gasteiger partial charge in [0.1, 0.15) is 0 Å².